The van der Waals surface area contributed by atoms with E-state index in [0.717, 1.165) is 5.82 Å². The summed E-state index contributed by atoms with van der Waals surface area (Å²) in [6.07, 6.45) is 3.79. The lowest BCUT2D eigenvalue weighted by Crippen LogP contribution is -2.27. The van der Waals surface area contributed by atoms with Crippen molar-refractivity contribution >= 4 is 17.4 Å². The molecule has 1 N–H and O–H groups in total. The van der Waals surface area contributed by atoms with Crippen molar-refractivity contribution in [1.29, 1.82) is 0 Å². The second-order valence-corrected chi connectivity index (χ2v) is 3.78. The van der Waals surface area contributed by atoms with Crippen molar-refractivity contribution in [3.05, 3.63) is 17.0 Å². The Morgan fingerprint density at radius 1 is 1.46 bits per heavy atom. The molecule has 3 nitrogen and oxygen atoms in total. The van der Waals surface area contributed by atoms with E-state index >= 15 is 0 Å². The predicted octanol–water partition coefficient (Wildman–Crippen LogP) is 2.40. The minimum absolute atomic E-state index is 0.509. The van der Waals surface area contributed by atoms with E-state index in [1.165, 1.54) is 19.3 Å². The number of halogens is 1. The van der Waals surface area contributed by atoms with Gasteiger partial charge < -0.3 is 5.32 Å². The van der Waals surface area contributed by atoms with Crippen molar-refractivity contribution in [2.24, 2.45) is 0 Å². The van der Waals surface area contributed by atoms with Gasteiger partial charge in [-0.05, 0) is 26.2 Å². The molecule has 1 aromatic heterocycles. The van der Waals surface area contributed by atoms with Gasteiger partial charge in [0.15, 0.2) is 0 Å². The molecule has 1 fully saturated rings. The van der Waals surface area contributed by atoms with Gasteiger partial charge in [-0.25, -0.2) is 9.97 Å². The molecule has 13 heavy (non-hydrogen) atoms. The highest BCUT2D eigenvalue weighted by molar-refractivity contribution is 6.29. The Bertz CT molecular complexity index is 289. The quantitative estimate of drug-likeness (QED) is 0.740. The van der Waals surface area contributed by atoms with E-state index in [9.17, 15) is 0 Å². The summed E-state index contributed by atoms with van der Waals surface area (Å²) in [4.78, 5) is 8.25. The summed E-state index contributed by atoms with van der Waals surface area (Å²) in [5.74, 6) is 1.57. The molecule has 2 rings (SSSR count). The maximum atomic E-state index is 5.80. The predicted molar refractivity (Wildman–Crippen MR) is 53.0 cm³/mol. The third-order valence-corrected chi connectivity index (χ3v) is 2.46. The fraction of sp³-hybridized carbons (Fsp3) is 0.556. The summed E-state index contributed by atoms with van der Waals surface area (Å²) in [5, 5.41) is 3.83. The highest BCUT2D eigenvalue weighted by Gasteiger charge is 2.17. The number of aromatic nitrogens is 2. The van der Waals surface area contributed by atoms with Crippen molar-refractivity contribution < 1.29 is 0 Å². The van der Waals surface area contributed by atoms with E-state index in [1.807, 2.05) is 6.92 Å². The van der Waals surface area contributed by atoms with Gasteiger partial charge >= 0.3 is 0 Å². The Kier molecular flexibility index (Phi) is 2.36. The largest absolute Gasteiger partial charge is 0.367 e. The molecule has 0 atom stereocenters. The summed E-state index contributed by atoms with van der Waals surface area (Å²) in [5.41, 5.74) is 0. The Balaban J connectivity index is 2.10. The molecule has 1 heterocycles. The van der Waals surface area contributed by atoms with Gasteiger partial charge in [0.1, 0.15) is 16.8 Å². The van der Waals surface area contributed by atoms with Crippen LogP contribution in [0, 0.1) is 6.92 Å². The Hall–Kier alpha value is -0.830. The normalized spacial score (nSPS) is 16.8. The average Bonchev–Trinajstić information content (AvgIpc) is 1.95. The Labute approximate surface area is 82.5 Å². The van der Waals surface area contributed by atoms with Gasteiger partial charge in [-0.3, -0.25) is 0 Å². The molecule has 1 aromatic rings. The molecule has 1 saturated carbocycles. The van der Waals surface area contributed by atoms with E-state index in [1.54, 1.807) is 6.07 Å². The number of nitrogens with zero attached hydrogens (tertiary/aromatic N) is 2. The molecule has 0 bridgehead atoms. The van der Waals surface area contributed by atoms with E-state index in [0.29, 0.717) is 17.0 Å². The second kappa shape index (κ2) is 3.50. The first-order chi connectivity index (χ1) is 6.24. The number of hydrogen-bond donors (Lipinski definition) is 1. The summed E-state index contributed by atoms with van der Waals surface area (Å²) >= 11 is 5.80. The summed E-state index contributed by atoms with van der Waals surface area (Å²) in [7, 11) is 0. The van der Waals surface area contributed by atoms with Crippen LogP contribution in [0.2, 0.25) is 5.15 Å². The fourth-order valence-electron chi connectivity index (χ4n) is 1.37. The van der Waals surface area contributed by atoms with Crippen LogP contribution in [0.5, 0.6) is 0 Å². The van der Waals surface area contributed by atoms with Crippen LogP contribution in [-0.4, -0.2) is 16.0 Å². The van der Waals surface area contributed by atoms with Crippen molar-refractivity contribution in [2.45, 2.75) is 32.2 Å². The molecule has 0 amide bonds. The van der Waals surface area contributed by atoms with Crippen LogP contribution >= 0.6 is 11.6 Å². The number of anilines is 1. The lowest BCUT2D eigenvalue weighted by atomic mass is 9.93. The average molecular weight is 198 g/mol. The summed E-state index contributed by atoms with van der Waals surface area (Å²) in [6.45, 7) is 1.85. The Morgan fingerprint density at radius 3 is 2.77 bits per heavy atom. The van der Waals surface area contributed by atoms with Crippen molar-refractivity contribution in [2.75, 3.05) is 5.32 Å². The number of rotatable bonds is 2. The molecule has 0 radical (unpaired) electrons. The van der Waals surface area contributed by atoms with Gasteiger partial charge in [-0.2, -0.15) is 0 Å². The summed E-state index contributed by atoms with van der Waals surface area (Å²) < 4.78 is 0. The van der Waals surface area contributed by atoms with E-state index in [-0.39, 0.29) is 0 Å². The molecule has 0 saturated heterocycles. The third kappa shape index (κ3) is 2.10. The van der Waals surface area contributed by atoms with E-state index in [4.69, 9.17) is 11.6 Å². The van der Waals surface area contributed by atoms with E-state index in [2.05, 4.69) is 15.3 Å². The first kappa shape index (κ1) is 8.75. The fourth-order valence-corrected chi connectivity index (χ4v) is 1.59. The van der Waals surface area contributed by atoms with Gasteiger partial charge in [-0.15, -0.1) is 0 Å². The van der Waals surface area contributed by atoms with Crippen LogP contribution in [0.25, 0.3) is 0 Å². The van der Waals surface area contributed by atoms with Crippen LogP contribution in [0.15, 0.2) is 6.07 Å². The van der Waals surface area contributed by atoms with Crippen LogP contribution in [0.4, 0.5) is 5.82 Å². The van der Waals surface area contributed by atoms with Gasteiger partial charge in [0.05, 0.1) is 0 Å². The van der Waals surface area contributed by atoms with Crippen LogP contribution in [-0.2, 0) is 0 Å². The molecule has 0 unspecified atom stereocenters. The van der Waals surface area contributed by atoms with Gasteiger partial charge in [0.2, 0.25) is 0 Å². The van der Waals surface area contributed by atoms with Gasteiger partial charge in [0, 0.05) is 12.1 Å². The highest BCUT2D eigenvalue weighted by atomic mass is 35.5. The Morgan fingerprint density at radius 2 is 2.23 bits per heavy atom. The smallest absolute Gasteiger partial charge is 0.134 e. The summed E-state index contributed by atoms with van der Waals surface area (Å²) in [6, 6.07) is 2.36. The highest BCUT2D eigenvalue weighted by Crippen LogP contribution is 2.23. The number of hydrogen-bond acceptors (Lipinski definition) is 3. The first-order valence-electron chi connectivity index (χ1n) is 4.52. The first-order valence-corrected chi connectivity index (χ1v) is 4.89. The van der Waals surface area contributed by atoms with Crippen LogP contribution in [0.1, 0.15) is 25.1 Å². The lowest BCUT2D eigenvalue weighted by Gasteiger charge is -2.26. The monoisotopic (exact) mass is 197 g/mol. The molecule has 70 valence electrons. The molecule has 0 aliphatic heterocycles. The van der Waals surface area contributed by atoms with E-state index < -0.39 is 0 Å². The van der Waals surface area contributed by atoms with Crippen molar-refractivity contribution in [3.8, 4) is 0 Å². The number of aryl methyl sites for hydroxylation is 1. The minimum atomic E-state index is 0.509. The zero-order valence-electron chi connectivity index (χ0n) is 7.55. The van der Waals surface area contributed by atoms with Crippen LogP contribution in [0.3, 0.4) is 0 Å². The maximum absolute atomic E-state index is 5.80. The molecule has 1 aliphatic carbocycles. The van der Waals surface area contributed by atoms with Gasteiger partial charge in [0.25, 0.3) is 0 Å². The molecular weight excluding hydrogens is 186 g/mol. The minimum Gasteiger partial charge on any atom is -0.367 e. The maximum Gasteiger partial charge on any atom is 0.134 e. The molecular formula is C9H12ClN3. The lowest BCUT2D eigenvalue weighted by molar-refractivity contribution is 0.444. The SMILES string of the molecule is Cc1nc(Cl)cc(NC2CCC2)n1. The molecule has 0 spiro atoms. The van der Waals surface area contributed by atoms with Crippen LogP contribution < -0.4 is 5.32 Å². The topological polar surface area (TPSA) is 37.8 Å². The third-order valence-electron chi connectivity index (χ3n) is 2.26. The standard InChI is InChI=1S/C9H12ClN3/c1-6-11-8(10)5-9(12-6)13-7-3-2-4-7/h5,7H,2-4H2,1H3,(H,11,12,13). The zero-order chi connectivity index (χ0) is 9.26. The zero-order valence-corrected chi connectivity index (χ0v) is 8.30. The van der Waals surface area contributed by atoms with Crippen molar-refractivity contribution in [3.63, 3.8) is 0 Å². The second-order valence-electron chi connectivity index (χ2n) is 3.40. The molecule has 4 heteroatoms. The number of nitrogens with one attached hydrogen (secondary N) is 1. The van der Waals surface area contributed by atoms with Crippen molar-refractivity contribution in [1.82, 2.24) is 9.97 Å². The molecule has 0 aromatic carbocycles. The van der Waals surface area contributed by atoms with Gasteiger partial charge in [-0.1, -0.05) is 11.6 Å². The molecule has 1 aliphatic rings.